The van der Waals surface area contributed by atoms with Crippen LogP contribution in [0.5, 0.6) is 0 Å². The van der Waals surface area contributed by atoms with Crippen LogP contribution >= 0.6 is 7.60 Å². The summed E-state index contributed by atoms with van der Waals surface area (Å²) in [5, 5.41) is -1.72. The first-order valence-corrected chi connectivity index (χ1v) is 11.3. The summed E-state index contributed by atoms with van der Waals surface area (Å²) in [4.78, 5) is 19.9. The van der Waals surface area contributed by atoms with E-state index in [1.807, 2.05) is 0 Å². The average molecular weight is 406 g/mol. The third-order valence-corrected chi connectivity index (χ3v) is 6.35. The summed E-state index contributed by atoms with van der Waals surface area (Å²) >= 11 is 0. The van der Waals surface area contributed by atoms with Gasteiger partial charge in [0.15, 0.2) is 5.34 Å². The van der Waals surface area contributed by atoms with Crippen LogP contribution in [0.4, 0.5) is 0 Å². The largest absolute Gasteiger partial charge is 0.359 e. The quantitative estimate of drug-likeness (QED) is 0.202. The normalized spacial score (nSPS) is 15.1. The van der Waals surface area contributed by atoms with E-state index in [-0.39, 0.29) is 26.4 Å². The van der Waals surface area contributed by atoms with Crippen molar-refractivity contribution in [2.24, 2.45) is 11.8 Å². The second-order valence-electron chi connectivity index (χ2n) is 6.44. The van der Waals surface area contributed by atoms with Gasteiger partial charge < -0.3 is 24.0 Å². The lowest BCUT2D eigenvalue weighted by atomic mass is 9.94. The van der Waals surface area contributed by atoms with E-state index in [1.165, 1.54) is 7.11 Å². The summed E-state index contributed by atoms with van der Waals surface area (Å²) in [7, 11) is -6.83. The van der Waals surface area contributed by atoms with Crippen molar-refractivity contribution in [3.63, 3.8) is 0 Å². The first kappa shape index (κ1) is 24.9. The molecule has 0 bridgehead atoms. The van der Waals surface area contributed by atoms with Gasteiger partial charge in [0.25, 0.3) is 10.1 Å². The molecule has 2 N–H and O–H groups in total. The average Bonchev–Trinajstić information content (AvgIpc) is 2.40. The van der Waals surface area contributed by atoms with Crippen molar-refractivity contribution < 1.29 is 41.2 Å². The van der Waals surface area contributed by atoms with Crippen molar-refractivity contribution in [2.45, 2.75) is 45.6 Å². The van der Waals surface area contributed by atoms with Crippen LogP contribution in [0, 0.1) is 11.8 Å². The molecule has 0 saturated carbocycles. The summed E-state index contributed by atoms with van der Waals surface area (Å²) in [6.07, 6.45) is 0.221. The topological polar surface area (TPSA) is 129 Å². The van der Waals surface area contributed by atoms with Gasteiger partial charge in [0.1, 0.15) is 6.79 Å². The smallest absolute Gasteiger partial charge is 0.357 e. The van der Waals surface area contributed by atoms with Crippen molar-refractivity contribution in [2.75, 3.05) is 33.4 Å². The summed E-state index contributed by atoms with van der Waals surface area (Å²) in [6.45, 7) is 6.42. The van der Waals surface area contributed by atoms with Crippen molar-refractivity contribution in [1.82, 2.24) is 0 Å². The molecule has 0 rings (SSSR count). The first-order valence-electron chi connectivity index (χ1n) is 7.92. The minimum atomic E-state index is -4.64. The molecule has 0 heterocycles. The Morgan fingerprint density at radius 1 is 1.12 bits per heavy atom. The maximum atomic E-state index is 12.2. The van der Waals surface area contributed by atoms with Crippen molar-refractivity contribution in [3.05, 3.63) is 0 Å². The zero-order chi connectivity index (χ0) is 19.9. The zero-order valence-electron chi connectivity index (χ0n) is 15.7. The van der Waals surface area contributed by atoms with E-state index >= 15 is 0 Å². The Kier molecular flexibility index (Phi) is 10.3. The van der Waals surface area contributed by atoms with Gasteiger partial charge in [-0.3, -0.25) is 8.75 Å². The molecule has 0 aliphatic heterocycles. The molecule has 9 nitrogen and oxygen atoms in total. The second-order valence-corrected chi connectivity index (χ2v) is 9.87. The lowest BCUT2D eigenvalue weighted by Gasteiger charge is -2.43. The molecule has 25 heavy (non-hydrogen) atoms. The third-order valence-electron chi connectivity index (χ3n) is 3.71. The van der Waals surface area contributed by atoms with E-state index in [9.17, 15) is 22.8 Å². The fourth-order valence-corrected chi connectivity index (χ4v) is 4.75. The van der Waals surface area contributed by atoms with Crippen LogP contribution in [-0.2, 0) is 33.1 Å². The predicted octanol–water partition coefficient (Wildman–Crippen LogP) is 1.54. The van der Waals surface area contributed by atoms with E-state index in [1.54, 1.807) is 27.7 Å². The maximum Gasteiger partial charge on any atom is 0.357 e. The van der Waals surface area contributed by atoms with Crippen molar-refractivity contribution >= 4 is 17.7 Å². The van der Waals surface area contributed by atoms with Gasteiger partial charge in [-0.2, -0.15) is 8.42 Å². The molecule has 0 amide bonds. The van der Waals surface area contributed by atoms with Gasteiger partial charge in [0.2, 0.25) is 0 Å². The zero-order valence-corrected chi connectivity index (χ0v) is 17.4. The van der Waals surface area contributed by atoms with Crippen LogP contribution in [0.1, 0.15) is 34.1 Å². The Labute approximate surface area is 150 Å². The Morgan fingerprint density at radius 3 is 2.00 bits per heavy atom. The van der Waals surface area contributed by atoms with Crippen LogP contribution in [0.3, 0.4) is 0 Å². The highest BCUT2D eigenvalue weighted by molar-refractivity contribution is 7.85. The number of ether oxygens (including phenoxy) is 3. The summed E-state index contributed by atoms with van der Waals surface area (Å²) < 4.78 is 55.0. The molecule has 1 atom stereocenters. The van der Waals surface area contributed by atoms with Gasteiger partial charge in [-0.25, -0.2) is 0 Å². The molecule has 0 aliphatic carbocycles. The molecule has 152 valence electrons. The standard InChI is InChI=1S/C14H31O9PS/c1-11(2)14(12(3)4,24(15,16)17)23-13(9-21-10-20-5)7-8-22-25(6,18)19/h11-13H,7-10H2,1-6H3,(H2,15,16,17)/t13-/m0/s1. The second kappa shape index (κ2) is 10.3. The summed E-state index contributed by atoms with van der Waals surface area (Å²) in [6, 6.07) is 0. The molecular formula is C14H31O9PS. The molecule has 0 aromatic heterocycles. The van der Waals surface area contributed by atoms with Gasteiger partial charge in [-0.05, 0) is 11.8 Å². The van der Waals surface area contributed by atoms with Crippen molar-refractivity contribution in [1.29, 1.82) is 0 Å². The van der Waals surface area contributed by atoms with Gasteiger partial charge >= 0.3 is 7.60 Å². The Morgan fingerprint density at radius 2 is 1.64 bits per heavy atom. The lowest BCUT2D eigenvalue weighted by molar-refractivity contribution is -0.146. The molecule has 0 unspecified atom stereocenters. The molecule has 0 aromatic carbocycles. The van der Waals surface area contributed by atoms with Gasteiger partial charge in [0, 0.05) is 13.5 Å². The first-order chi connectivity index (χ1) is 11.3. The van der Waals surface area contributed by atoms with Gasteiger partial charge in [-0.1, -0.05) is 27.7 Å². The van der Waals surface area contributed by atoms with E-state index in [0.717, 1.165) is 6.26 Å². The van der Waals surface area contributed by atoms with E-state index < -0.39 is 41.0 Å². The number of rotatable bonds is 13. The summed E-state index contributed by atoms with van der Waals surface area (Å²) in [5.74, 6) is -0.983. The van der Waals surface area contributed by atoms with E-state index in [4.69, 9.17) is 18.4 Å². The fourth-order valence-electron chi connectivity index (χ4n) is 2.72. The van der Waals surface area contributed by atoms with Crippen LogP contribution in [0.15, 0.2) is 0 Å². The minimum Gasteiger partial charge on any atom is -0.359 e. The molecule has 0 aromatic rings. The fraction of sp³-hybridized carbons (Fsp3) is 1.00. The monoisotopic (exact) mass is 406 g/mol. The van der Waals surface area contributed by atoms with E-state index in [2.05, 4.69) is 0 Å². The van der Waals surface area contributed by atoms with Crippen LogP contribution in [0.2, 0.25) is 0 Å². The Bertz CT molecular complexity index is 518. The van der Waals surface area contributed by atoms with Gasteiger partial charge in [0.05, 0.1) is 25.6 Å². The molecule has 0 fully saturated rings. The molecule has 0 saturated heterocycles. The minimum absolute atomic E-state index is 0.0256. The Balaban J connectivity index is 5.40. The number of hydrogen-bond donors (Lipinski definition) is 2. The highest BCUT2D eigenvalue weighted by Crippen LogP contribution is 2.59. The third kappa shape index (κ3) is 8.01. The van der Waals surface area contributed by atoms with Crippen LogP contribution in [0.25, 0.3) is 0 Å². The lowest BCUT2D eigenvalue weighted by Crippen LogP contribution is -2.47. The highest BCUT2D eigenvalue weighted by atomic mass is 32.2. The van der Waals surface area contributed by atoms with Crippen molar-refractivity contribution in [3.8, 4) is 0 Å². The highest BCUT2D eigenvalue weighted by Gasteiger charge is 2.54. The summed E-state index contributed by atoms with van der Waals surface area (Å²) in [5.41, 5.74) is 0. The van der Waals surface area contributed by atoms with Crippen LogP contribution in [-0.4, -0.2) is 63.0 Å². The molecule has 0 spiro atoms. The maximum absolute atomic E-state index is 12.2. The van der Waals surface area contributed by atoms with E-state index in [0.29, 0.717) is 0 Å². The van der Waals surface area contributed by atoms with Crippen LogP contribution < -0.4 is 0 Å². The number of hydrogen-bond acceptors (Lipinski definition) is 7. The molecule has 11 heteroatoms. The van der Waals surface area contributed by atoms with Gasteiger partial charge in [-0.15, -0.1) is 0 Å². The molecular weight excluding hydrogens is 375 g/mol. The molecule has 0 aliphatic rings. The molecule has 0 radical (unpaired) electrons. The Hall–Kier alpha value is -0.0600. The number of methoxy groups -OCH3 is 1. The predicted molar refractivity (Wildman–Crippen MR) is 92.6 cm³/mol. The SMILES string of the molecule is COCOC[C@H](CCOS(C)(=O)=O)OC(C(C)C)(C(C)C)P(=O)(O)O.